The highest BCUT2D eigenvalue weighted by molar-refractivity contribution is 5.95. The summed E-state index contributed by atoms with van der Waals surface area (Å²) in [5.41, 5.74) is 5.44. The van der Waals surface area contributed by atoms with E-state index in [0.717, 1.165) is 11.3 Å². The van der Waals surface area contributed by atoms with E-state index in [1.807, 2.05) is 37.2 Å². The Morgan fingerprint density at radius 1 is 1.14 bits per heavy atom. The van der Waals surface area contributed by atoms with Gasteiger partial charge in [0.2, 0.25) is 0 Å². The summed E-state index contributed by atoms with van der Waals surface area (Å²) in [4.78, 5) is 13.9. The first-order chi connectivity index (χ1) is 10.6. The van der Waals surface area contributed by atoms with Crippen LogP contribution in [0.2, 0.25) is 0 Å². The summed E-state index contributed by atoms with van der Waals surface area (Å²) in [7, 11) is 3.88. The molecule has 0 radical (unpaired) electrons. The summed E-state index contributed by atoms with van der Waals surface area (Å²) >= 11 is 0. The van der Waals surface area contributed by atoms with Crippen LogP contribution in [0.25, 0.3) is 0 Å². The number of carbonyl (C=O) groups excluding carboxylic acids is 1. The van der Waals surface area contributed by atoms with Crippen molar-refractivity contribution in [3.05, 3.63) is 65.2 Å². The molecule has 2 aromatic carbocycles. The SMILES string of the molecule is CN(C)c1ccc(C(=O)NN=Cc2ccc(C#N)cc2)cc1. The number of nitrogens with zero attached hydrogens (tertiary/aromatic N) is 3. The maximum absolute atomic E-state index is 11.9. The van der Waals surface area contributed by atoms with Crippen LogP contribution in [0, 0.1) is 11.3 Å². The number of nitriles is 1. The number of hydrazone groups is 1. The Bertz CT molecular complexity index is 710. The average Bonchev–Trinajstić information content (AvgIpc) is 2.55. The van der Waals surface area contributed by atoms with Crippen LogP contribution in [-0.4, -0.2) is 26.2 Å². The molecule has 0 aliphatic carbocycles. The molecule has 0 saturated heterocycles. The summed E-state index contributed by atoms with van der Waals surface area (Å²) in [6, 6.07) is 16.2. The molecule has 0 spiro atoms. The summed E-state index contributed by atoms with van der Waals surface area (Å²) in [6.07, 6.45) is 1.53. The van der Waals surface area contributed by atoms with Gasteiger partial charge in [-0.1, -0.05) is 12.1 Å². The van der Waals surface area contributed by atoms with Crippen LogP contribution in [0.4, 0.5) is 5.69 Å². The van der Waals surface area contributed by atoms with Crippen LogP contribution in [0.3, 0.4) is 0 Å². The number of nitrogens with one attached hydrogen (secondary N) is 1. The van der Waals surface area contributed by atoms with Crippen LogP contribution < -0.4 is 10.3 Å². The Labute approximate surface area is 129 Å². The topological polar surface area (TPSA) is 68.5 Å². The van der Waals surface area contributed by atoms with Gasteiger partial charge in [0.15, 0.2) is 0 Å². The molecule has 1 amide bonds. The van der Waals surface area contributed by atoms with Gasteiger partial charge in [-0.05, 0) is 42.0 Å². The van der Waals surface area contributed by atoms with Gasteiger partial charge in [0.1, 0.15) is 0 Å². The van der Waals surface area contributed by atoms with E-state index in [0.29, 0.717) is 11.1 Å². The lowest BCUT2D eigenvalue weighted by atomic mass is 10.2. The fraction of sp³-hybridized carbons (Fsp3) is 0.118. The molecular weight excluding hydrogens is 276 g/mol. The van der Waals surface area contributed by atoms with Crippen LogP contribution in [0.5, 0.6) is 0 Å². The molecule has 5 heteroatoms. The zero-order valence-electron chi connectivity index (χ0n) is 12.4. The van der Waals surface area contributed by atoms with E-state index in [1.54, 1.807) is 36.4 Å². The minimum Gasteiger partial charge on any atom is -0.378 e. The third-order valence-electron chi connectivity index (χ3n) is 3.07. The van der Waals surface area contributed by atoms with Gasteiger partial charge in [-0.3, -0.25) is 4.79 Å². The van der Waals surface area contributed by atoms with Gasteiger partial charge in [0.25, 0.3) is 5.91 Å². The summed E-state index contributed by atoms with van der Waals surface area (Å²) < 4.78 is 0. The predicted octanol–water partition coefficient (Wildman–Crippen LogP) is 2.39. The summed E-state index contributed by atoms with van der Waals surface area (Å²) in [5, 5.41) is 12.6. The van der Waals surface area contributed by atoms with E-state index in [-0.39, 0.29) is 5.91 Å². The highest BCUT2D eigenvalue weighted by Gasteiger charge is 2.04. The minimum atomic E-state index is -0.268. The molecule has 0 saturated carbocycles. The number of amides is 1. The Morgan fingerprint density at radius 2 is 1.77 bits per heavy atom. The second-order valence-electron chi connectivity index (χ2n) is 4.87. The van der Waals surface area contributed by atoms with Crippen molar-refractivity contribution >= 4 is 17.8 Å². The van der Waals surface area contributed by atoms with Gasteiger partial charge < -0.3 is 4.90 Å². The zero-order chi connectivity index (χ0) is 15.9. The third-order valence-corrected chi connectivity index (χ3v) is 3.07. The fourth-order valence-electron chi connectivity index (χ4n) is 1.78. The van der Waals surface area contributed by atoms with E-state index >= 15 is 0 Å². The van der Waals surface area contributed by atoms with E-state index in [2.05, 4.69) is 10.5 Å². The molecule has 2 rings (SSSR count). The predicted molar refractivity (Wildman–Crippen MR) is 87.0 cm³/mol. The lowest BCUT2D eigenvalue weighted by molar-refractivity contribution is 0.0955. The molecule has 0 heterocycles. The number of hydrogen-bond donors (Lipinski definition) is 1. The number of hydrogen-bond acceptors (Lipinski definition) is 4. The van der Waals surface area contributed by atoms with E-state index in [9.17, 15) is 4.79 Å². The first-order valence-corrected chi connectivity index (χ1v) is 6.71. The molecule has 22 heavy (non-hydrogen) atoms. The van der Waals surface area contributed by atoms with Crippen LogP contribution in [0.15, 0.2) is 53.6 Å². The maximum Gasteiger partial charge on any atom is 0.271 e. The van der Waals surface area contributed by atoms with Crippen molar-refractivity contribution in [2.24, 2.45) is 5.10 Å². The monoisotopic (exact) mass is 292 g/mol. The number of carbonyl (C=O) groups is 1. The molecule has 2 aromatic rings. The van der Waals surface area contributed by atoms with Crippen molar-refractivity contribution in [2.75, 3.05) is 19.0 Å². The summed E-state index contributed by atoms with van der Waals surface area (Å²) in [6.45, 7) is 0. The number of rotatable bonds is 4. The first-order valence-electron chi connectivity index (χ1n) is 6.71. The second kappa shape index (κ2) is 7.04. The lowest BCUT2D eigenvalue weighted by Crippen LogP contribution is -2.17. The van der Waals surface area contributed by atoms with Crippen molar-refractivity contribution in [3.63, 3.8) is 0 Å². The van der Waals surface area contributed by atoms with Gasteiger partial charge >= 0.3 is 0 Å². The van der Waals surface area contributed by atoms with Crippen molar-refractivity contribution < 1.29 is 4.79 Å². The molecule has 5 nitrogen and oxygen atoms in total. The Morgan fingerprint density at radius 3 is 2.32 bits per heavy atom. The van der Waals surface area contributed by atoms with Crippen molar-refractivity contribution in [2.45, 2.75) is 0 Å². The number of anilines is 1. The molecule has 0 aliphatic heterocycles. The zero-order valence-corrected chi connectivity index (χ0v) is 12.4. The summed E-state index contributed by atoms with van der Waals surface area (Å²) in [5.74, 6) is -0.268. The smallest absolute Gasteiger partial charge is 0.271 e. The average molecular weight is 292 g/mol. The van der Waals surface area contributed by atoms with Crippen LogP contribution in [-0.2, 0) is 0 Å². The highest BCUT2D eigenvalue weighted by Crippen LogP contribution is 2.12. The number of benzene rings is 2. The Balaban J connectivity index is 1.96. The van der Waals surface area contributed by atoms with Crippen molar-refractivity contribution in [3.8, 4) is 6.07 Å². The Kier molecular flexibility index (Phi) is 4.89. The minimum absolute atomic E-state index is 0.268. The molecule has 0 bridgehead atoms. The second-order valence-corrected chi connectivity index (χ2v) is 4.87. The van der Waals surface area contributed by atoms with E-state index in [1.165, 1.54) is 6.21 Å². The standard InChI is InChI=1S/C17H16N4O/c1-21(2)16-9-7-15(8-10-16)17(22)20-19-12-14-5-3-13(11-18)4-6-14/h3-10,12H,1-2H3,(H,20,22). The molecule has 1 N–H and O–H groups in total. The molecule has 0 aliphatic rings. The van der Waals surface area contributed by atoms with Crippen LogP contribution in [0.1, 0.15) is 21.5 Å². The first kappa shape index (κ1) is 15.3. The van der Waals surface area contributed by atoms with Gasteiger partial charge in [-0.2, -0.15) is 10.4 Å². The third kappa shape index (κ3) is 3.93. The van der Waals surface area contributed by atoms with Gasteiger partial charge in [-0.15, -0.1) is 0 Å². The van der Waals surface area contributed by atoms with Gasteiger partial charge in [0.05, 0.1) is 17.8 Å². The van der Waals surface area contributed by atoms with Gasteiger partial charge in [-0.25, -0.2) is 5.43 Å². The quantitative estimate of drug-likeness (QED) is 0.695. The van der Waals surface area contributed by atoms with E-state index < -0.39 is 0 Å². The highest BCUT2D eigenvalue weighted by atomic mass is 16.2. The van der Waals surface area contributed by atoms with Crippen molar-refractivity contribution in [1.82, 2.24) is 5.43 Å². The molecule has 0 unspecified atom stereocenters. The maximum atomic E-state index is 11.9. The molecule has 0 fully saturated rings. The molecule has 0 atom stereocenters. The lowest BCUT2D eigenvalue weighted by Gasteiger charge is -2.12. The normalized spacial score (nSPS) is 10.2. The molecular formula is C17H16N4O. The van der Waals surface area contributed by atoms with Gasteiger partial charge in [0, 0.05) is 25.3 Å². The fourth-order valence-corrected chi connectivity index (χ4v) is 1.78. The van der Waals surface area contributed by atoms with E-state index in [4.69, 9.17) is 5.26 Å². The Hall–Kier alpha value is -3.13. The van der Waals surface area contributed by atoms with Crippen LogP contribution >= 0.6 is 0 Å². The molecule has 0 aromatic heterocycles. The van der Waals surface area contributed by atoms with Crippen molar-refractivity contribution in [1.29, 1.82) is 5.26 Å². The molecule has 110 valence electrons. The largest absolute Gasteiger partial charge is 0.378 e.